The van der Waals surface area contributed by atoms with Crippen molar-refractivity contribution in [3.63, 3.8) is 0 Å². The summed E-state index contributed by atoms with van der Waals surface area (Å²) in [5, 5.41) is 3.30. The van der Waals surface area contributed by atoms with E-state index in [9.17, 15) is 9.59 Å². The van der Waals surface area contributed by atoms with Gasteiger partial charge in [-0.15, -0.1) is 0 Å². The van der Waals surface area contributed by atoms with Crippen LogP contribution in [-0.4, -0.2) is 25.6 Å². The molecule has 0 aliphatic heterocycles. The van der Waals surface area contributed by atoms with Crippen LogP contribution in [0.25, 0.3) is 6.08 Å². The summed E-state index contributed by atoms with van der Waals surface area (Å²) < 4.78 is 10.5. The summed E-state index contributed by atoms with van der Waals surface area (Å²) in [5.41, 5.74) is 1.72. The number of halogens is 2. The average Bonchev–Trinajstić information content (AvgIpc) is 2.77. The Morgan fingerprint density at radius 3 is 2.45 bits per heavy atom. The molecule has 0 unspecified atom stereocenters. The van der Waals surface area contributed by atoms with Gasteiger partial charge in [-0.05, 0) is 48.0 Å². The van der Waals surface area contributed by atoms with Crippen molar-refractivity contribution in [2.75, 3.05) is 19.0 Å². The summed E-state index contributed by atoms with van der Waals surface area (Å²) in [7, 11) is 1.26. The highest BCUT2D eigenvalue weighted by molar-refractivity contribution is 6.37. The topological polar surface area (TPSA) is 64.6 Å². The Balaban J connectivity index is 1.74. The Morgan fingerprint density at radius 2 is 1.74 bits per heavy atom. The predicted molar refractivity (Wildman–Crippen MR) is 123 cm³/mol. The minimum Gasteiger partial charge on any atom is -0.490 e. The van der Waals surface area contributed by atoms with E-state index in [1.54, 1.807) is 18.2 Å². The molecule has 3 aromatic carbocycles. The molecule has 1 N–H and O–H groups in total. The second kappa shape index (κ2) is 10.7. The third-order valence-corrected chi connectivity index (χ3v) is 4.82. The second-order valence-electron chi connectivity index (χ2n) is 6.40. The summed E-state index contributed by atoms with van der Waals surface area (Å²) in [5.74, 6) is -0.630. The molecule has 0 aliphatic rings. The Hall–Kier alpha value is -3.28. The molecule has 3 rings (SSSR count). The normalized spacial score (nSPS) is 10.7. The van der Waals surface area contributed by atoms with Crippen LogP contribution in [0, 0.1) is 0 Å². The van der Waals surface area contributed by atoms with E-state index >= 15 is 0 Å². The van der Waals surface area contributed by atoms with Gasteiger partial charge in [0.05, 0.1) is 28.9 Å². The van der Waals surface area contributed by atoms with Crippen LogP contribution in [0.4, 0.5) is 5.69 Å². The van der Waals surface area contributed by atoms with E-state index in [4.69, 9.17) is 32.7 Å². The zero-order valence-corrected chi connectivity index (χ0v) is 18.1. The SMILES string of the molecule is COC(=O)c1cc(OCC=Cc2ccccc2)ccc1NC(=O)c1ccc(Cl)cc1Cl. The molecule has 0 radical (unpaired) electrons. The monoisotopic (exact) mass is 455 g/mol. The lowest BCUT2D eigenvalue weighted by molar-refractivity contribution is 0.0601. The van der Waals surface area contributed by atoms with E-state index in [1.807, 2.05) is 42.5 Å². The van der Waals surface area contributed by atoms with Gasteiger partial charge in [0.15, 0.2) is 0 Å². The van der Waals surface area contributed by atoms with Gasteiger partial charge in [-0.1, -0.05) is 59.6 Å². The van der Waals surface area contributed by atoms with Gasteiger partial charge in [-0.2, -0.15) is 0 Å². The number of benzene rings is 3. The number of ether oxygens (including phenoxy) is 2. The first-order valence-electron chi connectivity index (χ1n) is 9.31. The van der Waals surface area contributed by atoms with Crippen LogP contribution in [0.3, 0.4) is 0 Å². The lowest BCUT2D eigenvalue weighted by atomic mass is 10.1. The number of hydrogen-bond donors (Lipinski definition) is 1. The van der Waals surface area contributed by atoms with Crippen molar-refractivity contribution in [1.82, 2.24) is 0 Å². The summed E-state index contributed by atoms with van der Waals surface area (Å²) >= 11 is 12.0. The minimum absolute atomic E-state index is 0.158. The number of esters is 1. The first kappa shape index (κ1) is 22.4. The van der Waals surface area contributed by atoms with E-state index in [-0.39, 0.29) is 21.8 Å². The predicted octanol–water partition coefficient (Wildman–Crippen LogP) is 6.12. The zero-order valence-electron chi connectivity index (χ0n) is 16.6. The second-order valence-corrected chi connectivity index (χ2v) is 7.24. The van der Waals surface area contributed by atoms with Gasteiger partial charge in [-0.3, -0.25) is 4.79 Å². The van der Waals surface area contributed by atoms with Crippen molar-refractivity contribution in [3.8, 4) is 5.75 Å². The van der Waals surface area contributed by atoms with Crippen molar-refractivity contribution in [1.29, 1.82) is 0 Å². The maximum atomic E-state index is 12.6. The summed E-state index contributed by atoms with van der Waals surface area (Å²) in [6, 6.07) is 19.1. The smallest absolute Gasteiger partial charge is 0.340 e. The van der Waals surface area contributed by atoms with Crippen LogP contribution in [0.1, 0.15) is 26.3 Å². The van der Waals surface area contributed by atoms with Gasteiger partial charge in [0.2, 0.25) is 0 Å². The first-order chi connectivity index (χ1) is 15.0. The maximum absolute atomic E-state index is 12.6. The Bertz CT molecular complexity index is 1110. The lowest BCUT2D eigenvalue weighted by Crippen LogP contribution is -2.16. The van der Waals surface area contributed by atoms with Gasteiger partial charge in [-0.25, -0.2) is 4.79 Å². The molecule has 0 saturated heterocycles. The molecule has 1 amide bonds. The number of amides is 1. The molecule has 3 aromatic rings. The van der Waals surface area contributed by atoms with Crippen LogP contribution in [0.2, 0.25) is 10.0 Å². The fourth-order valence-corrected chi connectivity index (χ4v) is 3.25. The lowest BCUT2D eigenvalue weighted by Gasteiger charge is -2.13. The van der Waals surface area contributed by atoms with E-state index in [2.05, 4.69) is 5.32 Å². The summed E-state index contributed by atoms with van der Waals surface area (Å²) in [4.78, 5) is 24.9. The van der Waals surface area contributed by atoms with Crippen molar-refractivity contribution in [2.24, 2.45) is 0 Å². The van der Waals surface area contributed by atoms with Crippen molar-refractivity contribution < 1.29 is 19.1 Å². The van der Waals surface area contributed by atoms with E-state index in [0.29, 0.717) is 17.4 Å². The third kappa shape index (κ3) is 6.10. The van der Waals surface area contributed by atoms with Gasteiger partial charge in [0.25, 0.3) is 5.91 Å². The molecule has 7 heteroatoms. The third-order valence-electron chi connectivity index (χ3n) is 4.28. The first-order valence-corrected chi connectivity index (χ1v) is 10.1. The van der Waals surface area contributed by atoms with Crippen LogP contribution < -0.4 is 10.1 Å². The largest absolute Gasteiger partial charge is 0.490 e. The number of carbonyl (C=O) groups excluding carboxylic acids is 2. The molecule has 0 fully saturated rings. The van der Waals surface area contributed by atoms with E-state index in [0.717, 1.165) is 5.56 Å². The van der Waals surface area contributed by atoms with Crippen LogP contribution >= 0.6 is 23.2 Å². The van der Waals surface area contributed by atoms with Crippen LogP contribution in [0.5, 0.6) is 5.75 Å². The van der Waals surface area contributed by atoms with Crippen LogP contribution in [0.15, 0.2) is 72.8 Å². The summed E-state index contributed by atoms with van der Waals surface area (Å²) in [6.07, 6.45) is 3.80. The van der Waals surface area contributed by atoms with Gasteiger partial charge >= 0.3 is 5.97 Å². The molecular formula is C24H19Cl2NO4. The summed E-state index contributed by atoms with van der Waals surface area (Å²) in [6.45, 7) is 0.307. The molecule has 0 heterocycles. The molecular weight excluding hydrogens is 437 g/mol. The van der Waals surface area contributed by atoms with Crippen LogP contribution in [-0.2, 0) is 4.74 Å². The van der Waals surface area contributed by atoms with Crippen molar-refractivity contribution >= 4 is 46.8 Å². The van der Waals surface area contributed by atoms with E-state index in [1.165, 1.54) is 25.3 Å². The van der Waals surface area contributed by atoms with Gasteiger partial charge < -0.3 is 14.8 Å². The fraction of sp³-hybridized carbons (Fsp3) is 0.0833. The number of nitrogens with one attached hydrogen (secondary N) is 1. The van der Waals surface area contributed by atoms with Gasteiger partial charge in [0.1, 0.15) is 12.4 Å². The molecule has 0 atom stereocenters. The average molecular weight is 456 g/mol. The number of hydrogen-bond acceptors (Lipinski definition) is 4. The molecule has 0 aliphatic carbocycles. The molecule has 0 spiro atoms. The van der Waals surface area contributed by atoms with Gasteiger partial charge in [0, 0.05) is 5.02 Å². The van der Waals surface area contributed by atoms with Crippen molar-refractivity contribution in [3.05, 3.63) is 99.5 Å². The molecule has 5 nitrogen and oxygen atoms in total. The highest BCUT2D eigenvalue weighted by atomic mass is 35.5. The molecule has 0 saturated carbocycles. The number of anilines is 1. The Morgan fingerprint density at radius 1 is 0.968 bits per heavy atom. The quantitative estimate of drug-likeness (QED) is 0.435. The zero-order chi connectivity index (χ0) is 22.2. The molecule has 0 aromatic heterocycles. The fourth-order valence-electron chi connectivity index (χ4n) is 2.76. The Kier molecular flexibility index (Phi) is 7.70. The minimum atomic E-state index is -0.609. The highest BCUT2D eigenvalue weighted by Crippen LogP contribution is 2.26. The molecule has 31 heavy (non-hydrogen) atoms. The number of methoxy groups -OCH3 is 1. The standard InChI is InChI=1S/C24H19Cl2NO4/c1-30-24(29)20-15-18(31-13-5-8-16-6-3-2-4-7-16)10-12-22(20)27-23(28)19-11-9-17(25)14-21(19)26/h2-12,14-15H,13H2,1H3,(H,27,28). The number of rotatable bonds is 7. The maximum Gasteiger partial charge on any atom is 0.340 e. The number of carbonyl (C=O) groups is 2. The van der Waals surface area contributed by atoms with E-state index < -0.39 is 11.9 Å². The molecule has 0 bridgehead atoms. The van der Waals surface area contributed by atoms with Crippen molar-refractivity contribution in [2.45, 2.75) is 0 Å². The molecule has 158 valence electrons. The highest BCUT2D eigenvalue weighted by Gasteiger charge is 2.18. The Labute approximate surface area is 190 Å².